The van der Waals surface area contributed by atoms with Crippen LogP contribution >= 0.6 is 0 Å². The Hall–Kier alpha value is -2.38. The average Bonchev–Trinajstić information content (AvgIpc) is 3.15. The topological polar surface area (TPSA) is 181 Å². The van der Waals surface area contributed by atoms with Crippen LogP contribution in [0.3, 0.4) is 0 Å². The lowest BCUT2D eigenvalue weighted by Gasteiger charge is -2.28. The van der Waals surface area contributed by atoms with E-state index >= 15 is 0 Å². The summed E-state index contributed by atoms with van der Waals surface area (Å²) < 4.78 is 15.9. The van der Waals surface area contributed by atoms with Gasteiger partial charge in [-0.1, -0.05) is 70.4 Å². The zero-order valence-electron chi connectivity index (χ0n) is 26.3. The fourth-order valence-corrected chi connectivity index (χ4v) is 4.59. The molecule has 6 atom stereocenters. The number of aliphatic hydroxyl groups is 3. The summed E-state index contributed by atoms with van der Waals surface area (Å²) in [4.78, 5) is 48.7. The van der Waals surface area contributed by atoms with E-state index in [2.05, 4.69) is 17.6 Å². The monoisotopic (exact) mass is 614 g/mol. The summed E-state index contributed by atoms with van der Waals surface area (Å²) in [6.07, 6.45) is 6.87. The Morgan fingerprint density at radius 3 is 2.26 bits per heavy atom. The zero-order chi connectivity index (χ0) is 32.3. The van der Waals surface area contributed by atoms with Crippen LogP contribution in [0.2, 0.25) is 0 Å². The Balaban J connectivity index is 2.44. The van der Waals surface area contributed by atoms with E-state index in [0.29, 0.717) is 12.9 Å². The summed E-state index contributed by atoms with van der Waals surface area (Å²) in [7, 11) is 1.14. The van der Waals surface area contributed by atoms with Gasteiger partial charge in [0.2, 0.25) is 5.91 Å². The van der Waals surface area contributed by atoms with E-state index in [1.165, 1.54) is 44.6 Å². The summed E-state index contributed by atoms with van der Waals surface area (Å²) in [5, 5.41) is 36.2. The lowest BCUT2D eigenvalue weighted by Crippen LogP contribution is -2.55. The van der Waals surface area contributed by atoms with Crippen molar-refractivity contribution in [3.05, 3.63) is 12.2 Å². The van der Waals surface area contributed by atoms with Crippen LogP contribution in [0.15, 0.2) is 12.2 Å². The van der Waals surface area contributed by atoms with E-state index in [1.54, 1.807) is 13.8 Å². The molecular formula is C31H54N2O10. The number of amides is 2. The molecule has 1 fully saturated rings. The Kier molecular flexibility index (Phi) is 19.2. The highest BCUT2D eigenvalue weighted by molar-refractivity contribution is 5.89. The quantitative estimate of drug-likeness (QED) is 0.0521. The minimum Gasteiger partial charge on any atom is -0.459 e. The highest BCUT2D eigenvalue weighted by Crippen LogP contribution is 2.17. The Labute approximate surface area is 255 Å². The number of allylic oxidation sites excluding steroid dienone is 1. The molecule has 1 rings (SSSR count). The molecule has 0 aromatic carbocycles. The fourth-order valence-electron chi connectivity index (χ4n) is 4.59. The van der Waals surface area contributed by atoms with Crippen molar-refractivity contribution in [1.82, 2.24) is 10.6 Å². The number of hydrogen-bond donors (Lipinski definition) is 5. The second-order valence-corrected chi connectivity index (χ2v) is 11.8. The average molecular weight is 615 g/mol. The van der Waals surface area contributed by atoms with Crippen LogP contribution in [0.5, 0.6) is 0 Å². The number of nitrogens with one attached hydrogen (secondary N) is 2. The molecule has 2 amide bonds. The lowest BCUT2D eigenvalue weighted by molar-refractivity contribution is -0.154. The Morgan fingerprint density at radius 2 is 1.65 bits per heavy atom. The molecule has 12 heteroatoms. The van der Waals surface area contributed by atoms with Crippen LogP contribution in [-0.4, -0.2) is 103 Å². The number of rotatable bonds is 22. The number of ether oxygens (including phenoxy) is 3. The number of hydrogen-bond acceptors (Lipinski definition) is 10. The van der Waals surface area contributed by atoms with Gasteiger partial charge >= 0.3 is 5.97 Å². The van der Waals surface area contributed by atoms with Gasteiger partial charge < -0.3 is 45.0 Å². The van der Waals surface area contributed by atoms with Crippen molar-refractivity contribution in [2.45, 2.75) is 128 Å². The van der Waals surface area contributed by atoms with Crippen molar-refractivity contribution < 1.29 is 48.7 Å². The fraction of sp³-hybridized carbons (Fsp3) is 0.806. The summed E-state index contributed by atoms with van der Waals surface area (Å²) >= 11 is 0. The molecule has 5 N–H and O–H groups in total. The maximum atomic E-state index is 12.8. The summed E-state index contributed by atoms with van der Waals surface area (Å²) in [6, 6.07) is -1.00. The lowest BCUT2D eigenvalue weighted by atomic mass is 9.93. The molecule has 1 aliphatic rings. The molecule has 0 unspecified atom stereocenters. The number of aldehydes is 1. The van der Waals surface area contributed by atoms with Crippen molar-refractivity contribution in [1.29, 1.82) is 0 Å². The number of methoxy groups -OCH3 is 1. The van der Waals surface area contributed by atoms with Crippen LogP contribution in [-0.2, 0) is 33.4 Å². The van der Waals surface area contributed by atoms with Gasteiger partial charge in [-0.15, -0.1) is 0 Å². The summed E-state index contributed by atoms with van der Waals surface area (Å²) in [5.41, 5.74) is -0.900. The van der Waals surface area contributed by atoms with E-state index in [1.807, 2.05) is 0 Å². The van der Waals surface area contributed by atoms with Gasteiger partial charge in [0.15, 0.2) is 6.10 Å². The highest BCUT2D eigenvalue weighted by atomic mass is 16.6. The first-order valence-electron chi connectivity index (χ1n) is 15.5. The van der Waals surface area contributed by atoms with Crippen LogP contribution in [0.25, 0.3) is 0 Å². The molecule has 0 saturated carbocycles. The minimum atomic E-state index is -1.85. The second-order valence-electron chi connectivity index (χ2n) is 11.8. The molecule has 1 aliphatic heterocycles. The Bertz CT molecular complexity index is 866. The number of carbonyl (C=O) groups excluding carboxylic acids is 4. The third kappa shape index (κ3) is 15.8. The number of aliphatic hydroxyl groups excluding tert-OH is 3. The molecule has 0 aliphatic carbocycles. The van der Waals surface area contributed by atoms with Crippen molar-refractivity contribution in [2.75, 3.05) is 26.9 Å². The molecule has 0 spiro atoms. The smallest absolute Gasteiger partial charge is 0.332 e. The van der Waals surface area contributed by atoms with Crippen LogP contribution < -0.4 is 10.6 Å². The third-order valence-electron chi connectivity index (χ3n) is 7.37. The normalized spacial score (nSPS) is 20.5. The number of esters is 1. The summed E-state index contributed by atoms with van der Waals surface area (Å²) in [6.45, 7) is 5.76. The number of unbranched alkanes of at least 4 members (excludes halogenated alkanes) is 8. The molecule has 0 bridgehead atoms. The predicted molar refractivity (Wildman–Crippen MR) is 160 cm³/mol. The van der Waals surface area contributed by atoms with Crippen LogP contribution in [0, 0.1) is 5.41 Å². The standard InChI is InChI=1S/C31H54N2O10/c1-5-6-7-8-9-10-11-12-13-18-42-20-25(36)43-22-14-15-23(29(39)32-19-22)33-30(40)28(41-4)27(38)26(37)24(35)16-17-31(2,3)21-34/h16-17,21-24,26-28,35,37-38H,5-15,18-20H2,1-4H3,(H,32,39)(H,33,40)/b17-16+/t22-,23+,24-,26+,27-,28-/m1/s1. The molecule has 0 aromatic heterocycles. The van der Waals surface area contributed by atoms with Crippen molar-refractivity contribution in [2.24, 2.45) is 5.41 Å². The third-order valence-corrected chi connectivity index (χ3v) is 7.37. The SMILES string of the molecule is CCCCCCCCCCCOCC(=O)O[C@@H]1CC[C@H](NC(=O)[C@H](OC)[C@H](O)[C@@H](O)[C@H](O)/C=C/C(C)(C)C=O)C(=O)NC1. The molecule has 1 heterocycles. The van der Waals surface area contributed by atoms with Crippen molar-refractivity contribution >= 4 is 24.1 Å². The highest BCUT2D eigenvalue weighted by Gasteiger charge is 2.37. The van der Waals surface area contributed by atoms with E-state index in [0.717, 1.165) is 32.4 Å². The van der Waals surface area contributed by atoms with Gasteiger partial charge in [-0.25, -0.2) is 4.79 Å². The van der Waals surface area contributed by atoms with Crippen LogP contribution in [0.1, 0.15) is 91.4 Å². The molecule has 0 aromatic rings. The van der Waals surface area contributed by atoms with Gasteiger partial charge in [0.05, 0.1) is 6.54 Å². The van der Waals surface area contributed by atoms with E-state index in [-0.39, 0.29) is 26.0 Å². The molecule has 1 saturated heterocycles. The van der Waals surface area contributed by atoms with E-state index < -0.39 is 59.8 Å². The first kappa shape index (κ1) is 38.6. The molecule has 0 radical (unpaired) electrons. The second kappa shape index (κ2) is 21.3. The largest absolute Gasteiger partial charge is 0.459 e. The molecule has 43 heavy (non-hydrogen) atoms. The van der Waals surface area contributed by atoms with Gasteiger partial charge in [-0.05, 0) is 33.1 Å². The minimum absolute atomic E-state index is 0.0694. The molecular weight excluding hydrogens is 560 g/mol. The van der Waals surface area contributed by atoms with E-state index in [9.17, 15) is 34.5 Å². The number of carbonyl (C=O) groups is 4. The predicted octanol–water partition coefficient (Wildman–Crippen LogP) is 1.72. The zero-order valence-corrected chi connectivity index (χ0v) is 26.3. The first-order valence-corrected chi connectivity index (χ1v) is 15.5. The van der Waals surface area contributed by atoms with Gasteiger partial charge in [0.1, 0.15) is 43.4 Å². The molecule has 12 nitrogen and oxygen atoms in total. The molecule has 248 valence electrons. The van der Waals surface area contributed by atoms with Gasteiger partial charge in [-0.2, -0.15) is 0 Å². The maximum absolute atomic E-state index is 12.8. The first-order chi connectivity index (χ1) is 20.4. The van der Waals surface area contributed by atoms with E-state index in [4.69, 9.17) is 14.2 Å². The Morgan fingerprint density at radius 1 is 1.02 bits per heavy atom. The maximum Gasteiger partial charge on any atom is 0.332 e. The van der Waals surface area contributed by atoms with Crippen molar-refractivity contribution in [3.63, 3.8) is 0 Å². The van der Waals surface area contributed by atoms with Gasteiger partial charge in [-0.3, -0.25) is 9.59 Å². The van der Waals surface area contributed by atoms with Gasteiger partial charge in [0, 0.05) is 19.1 Å². The summed E-state index contributed by atoms with van der Waals surface area (Å²) in [5.74, 6) is -1.91. The van der Waals surface area contributed by atoms with Crippen LogP contribution in [0.4, 0.5) is 0 Å². The van der Waals surface area contributed by atoms with Gasteiger partial charge in [0.25, 0.3) is 5.91 Å². The van der Waals surface area contributed by atoms with Crippen molar-refractivity contribution in [3.8, 4) is 0 Å².